The molecule has 4 heteroatoms. The van der Waals surface area contributed by atoms with Gasteiger partial charge in [-0.15, -0.1) is 0 Å². The van der Waals surface area contributed by atoms with E-state index in [0.717, 1.165) is 16.8 Å². The fourth-order valence-electron chi connectivity index (χ4n) is 2.23. The summed E-state index contributed by atoms with van der Waals surface area (Å²) in [7, 11) is 0. The molecule has 0 saturated carbocycles. The average molecular weight is 219 g/mol. The summed E-state index contributed by atoms with van der Waals surface area (Å²) in [6.07, 6.45) is 0.407. The SMILES string of the molecule is Cc1nc2c(c(C)c1CCO)C(=O)CC2=O. The van der Waals surface area contributed by atoms with E-state index >= 15 is 0 Å². The van der Waals surface area contributed by atoms with Crippen molar-refractivity contribution >= 4 is 11.6 Å². The van der Waals surface area contributed by atoms with Gasteiger partial charge in [0.2, 0.25) is 0 Å². The highest BCUT2D eigenvalue weighted by atomic mass is 16.3. The van der Waals surface area contributed by atoms with Gasteiger partial charge in [-0.1, -0.05) is 0 Å². The Balaban J connectivity index is 2.67. The van der Waals surface area contributed by atoms with E-state index in [2.05, 4.69) is 4.98 Å². The summed E-state index contributed by atoms with van der Waals surface area (Å²) in [6, 6.07) is 0. The molecule has 4 nitrogen and oxygen atoms in total. The van der Waals surface area contributed by atoms with Crippen LogP contribution >= 0.6 is 0 Å². The molecule has 0 amide bonds. The van der Waals surface area contributed by atoms with Crippen LogP contribution in [0.25, 0.3) is 0 Å². The maximum absolute atomic E-state index is 11.6. The molecule has 0 radical (unpaired) electrons. The quantitative estimate of drug-likeness (QED) is 0.753. The van der Waals surface area contributed by atoms with Crippen LogP contribution in [0.5, 0.6) is 0 Å². The number of Topliss-reactive ketones (excluding diaryl/α,β-unsaturated/α-hetero) is 2. The number of rotatable bonds is 2. The molecule has 16 heavy (non-hydrogen) atoms. The monoisotopic (exact) mass is 219 g/mol. The molecule has 0 aliphatic heterocycles. The number of fused-ring (bicyclic) bond motifs is 1. The molecule has 0 spiro atoms. The minimum absolute atomic E-state index is 0.0181. The van der Waals surface area contributed by atoms with Crippen LogP contribution in [0.15, 0.2) is 0 Å². The van der Waals surface area contributed by atoms with E-state index in [0.29, 0.717) is 17.7 Å². The van der Waals surface area contributed by atoms with Gasteiger partial charge in [0, 0.05) is 12.3 Å². The average Bonchev–Trinajstić information content (AvgIpc) is 2.49. The second kappa shape index (κ2) is 3.79. The zero-order chi connectivity index (χ0) is 11.9. The van der Waals surface area contributed by atoms with Gasteiger partial charge in [-0.3, -0.25) is 9.59 Å². The Labute approximate surface area is 93.3 Å². The zero-order valence-corrected chi connectivity index (χ0v) is 9.33. The van der Waals surface area contributed by atoms with E-state index in [1.165, 1.54) is 0 Å². The summed E-state index contributed by atoms with van der Waals surface area (Å²) in [5.41, 5.74) is 3.17. The topological polar surface area (TPSA) is 67.3 Å². The number of carbonyl (C=O) groups is 2. The Kier molecular flexibility index (Phi) is 2.59. The number of nitrogens with zero attached hydrogens (tertiary/aromatic N) is 1. The molecule has 0 bridgehead atoms. The first kappa shape index (κ1) is 11.0. The van der Waals surface area contributed by atoms with Crippen molar-refractivity contribution in [1.29, 1.82) is 0 Å². The predicted octanol–water partition coefficient (Wildman–Crippen LogP) is 1.00. The number of aryl methyl sites for hydroxylation is 1. The first-order valence-electron chi connectivity index (χ1n) is 5.23. The first-order valence-corrected chi connectivity index (χ1v) is 5.23. The van der Waals surface area contributed by atoms with Crippen LogP contribution in [0.4, 0.5) is 0 Å². The smallest absolute Gasteiger partial charge is 0.189 e. The zero-order valence-electron chi connectivity index (χ0n) is 9.33. The van der Waals surface area contributed by atoms with Gasteiger partial charge in [-0.2, -0.15) is 0 Å². The minimum atomic E-state index is -0.193. The van der Waals surface area contributed by atoms with Crippen molar-refractivity contribution in [2.45, 2.75) is 26.7 Å². The van der Waals surface area contributed by atoms with E-state index in [1.54, 1.807) is 6.92 Å². The summed E-state index contributed by atoms with van der Waals surface area (Å²) in [4.78, 5) is 27.3. The lowest BCUT2D eigenvalue weighted by atomic mass is 9.98. The summed E-state index contributed by atoms with van der Waals surface area (Å²) in [5.74, 6) is -0.342. The molecule has 0 atom stereocenters. The Bertz CT molecular complexity index is 492. The number of ketones is 2. The van der Waals surface area contributed by atoms with Crippen molar-refractivity contribution in [1.82, 2.24) is 4.98 Å². The van der Waals surface area contributed by atoms with Crippen LogP contribution in [-0.2, 0) is 6.42 Å². The molecule has 0 saturated heterocycles. The molecule has 1 N–H and O–H groups in total. The van der Waals surface area contributed by atoms with Gasteiger partial charge < -0.3 is 5.11 Å². The van der Waals surface area contributed by atoms with Gasteiger partial charge in [-0.25, -0.2) is 4.98 Å². The van der Waals surface area contributed by atoms with Crippen LogP contribution in [0, 0.1) is 13.8 Å². The molecule has 0 unspecified atom stereocenters. The van der Waals surface area contributed by atoms with Gasteiger partial charge in [0.05, 0.1) is 12.0 Å². The third kappa shape index (κ3) is 1.46. The lowest BCUT2D eigenvalue weighted by molar-refractivity contribution is 0.0921. The molecule has 0 aromatic carbocycles. The predicted molar refractivity (Wildman–Crippen MR) is 57.8 cm³/mol. The Hall–Kier alpha value is -1.55. The molecule has 2 rings (SSSR count). The second-order valence-corrected chi connectivity index (χ2v) is 4.02. The molecule has 84 valence electrons. The van der Waals surface area contributed by atoms with Crippen molar-refractivity contribution < 1.29 is 14.7 Å². The van der Waals surface area contributed by atoms with Crippen LogP contribution in [0.2, 0.25) is 0 Å². The molecule has 1 aliphatic carbocycles. The van der Waals surface area contributed by atoms with E-state index < -0.39 is 0 Å². The highest BCUT2D eigenvalue weighted by molar-refractivity contribution is 6.24. The van der Waals surface area contributed by atoms with Crippen LogP contribution in [0.1, 0.15) is 44.1 Å². The minimum Gasteiger partial charge on any atom is -0.396 e. The van der Waals surface area contributed by atoms with Crippen molar-refractivity contribution in [3.63, 3.8) is 0 Å². The number of hydrogen-bond donors (Lipinski definition) is 1. The molecule has 0 fully saturated rings. The number of aliphatic hydroxyl groups excluding tert-OH is 1. The maximum Gasteiger partial charge on any atom is 0.189 e. The Morgan fingerprint density at radius 3 is 2.56 bits per heavy atom. The normalized spacial score (nSPS) is 14.4. The number of carbonyl (C=O) groups excluding carboxylic acids is 2. The maximum atomic E-state index is 11.6. The second-order valence-electron chi connectivity index (χ2n) is 4.02. The summed E-state index contributed by atoms with van der Waals surface area (Å²) < 4.78 is 0. The van der Waals surface area contributed by atoms with Crippen LogP contribution < -0.4 is 0 Å². The van der Waals surface area contributed by atoms with Crippen LogP contribution in [0.3, 0.4) is 0 Å². The highest BCUT2D eigenvalue weighted by Gasteiger charge is 2.32. The highest BCUT2D eigenvalue weighted by Crippen LogP contribution is 2.27. The molecule has 1 aromatic rings. The van der Waals surface area contributed by atoms with Crippen LogP contribution in [-0.4, -0.2) is 28.3 Å². The van der Waals surface area contributed by atoms with Gasteiger partial charge in [-0.05, 0) is 31.4 Å². The van der Waals surface area contributed by atoms with E-state index in [4.69, 9.17) is 5.11 Å². The van der Waals surface area contributed by atoms with Crippen molar-refractivity contribution in [2.24, 2.45) is 0 Å². The number of aliphatic hydroxyl groups is 1. The molecular formula is C12H13NO3. The van der Waals surface area contributed by atoms with E-state index in [-0.39, 0.29) is 24.6 Å². The molecule has 1 heterocycles. The van der Waals surface area contributed by atoms with Gasteiger partial charge in [0.15, 0.2) is 11.6 Å². The number of aromatic nitrogens is 1. The van der Waals surface area contributed by atoms with Gasteiger partial charge >= 0.3 is 0 Å². The third-order valence-electron chi connectivity index (χ3n) is 3.01. The number of pyridine rings is 1. The number of hydrogen-bond acceptors (Lipinski definition) is 4. The van der Waals surface area contributed by atoms with Gasteiger partial charge in [0.25, 0.3) is 0 Å². The Morgan fingerprint density at radius 1 is 1.25 bits per heavy atom. The van der Waals surface area contributed by atoms with Crippen molar-refractivity contribution in [2.75, 3.05) is 6.61 Å². The fourth-order valence-corrected chi connectivity index (χ4v) is 2.23. The summed E-state index contributed by atoms with van der Waals surface area (Å²) in [6.45, 7) is 3.63. The standard InChI is InChI=1S/C12H13NO3/c1-6-8(3-4-14)7(2)13-12-10(16)5-9(15)11(6)12/h14H,3-5H2,1-2H3. The largest absolute Gasteiger partial charge is 0.396 e. The molecule has 1 aliphatic rings. The van der Waals surface area contributed by atoms with Gasteiger partial charge in [0.1, 0.15) is 5.69 Å². The summed E-state index contributed by atoms with van der Waals surface area (Å²) in [5, 5.41) is 8.96. The van der Waals surface area contributed by atoms with E-state index in [1.807, 2.05) is 6.92 Å². The lowest BCUT2D eigenvalue weighted by Crippen LogP contribution is -2.08. The summed E-state index contributed by atoms with van der Waals surface area (Å²) >= 11 is 0. The first-order chi connectivity index (χ1) is 7.56. The molecule has 1 aromatic heterocycles. The third-order valence-corrected chi connectivity index (χ3v) is 3.01. The van der Waals surface area contributed by atoms with Crippen molar-refractivity contribution in [3.05, 3.63) is 28.1 Å². The van der Waals surface area contributed by atoms with E-state index in [9.17, 15) is 9.59 Å². The lowest BCUT2D eigenvalue weighted by Gasteiger charge is -2.11. The van der Waals surface area contributed by atoms with Crippen molar-refractivity contribution in [3.8, 4) is 0 Å². The molecular weight excluding hydrogens is 206 g/mol. The Morgan fingerprint density at radius 2 is 1.94 bits per heavy atom. The fraction of sp³-hybridized carbons (Fsp3) is 0.417.